The standard InChI is InChI=1S/C16H9BrClFO2/c1-8-11-4-3-10(17)7-14(11)21-16(8)15(20)9-2-5-13(19)12(18)6-9/h2-7H,1H3. The van der Waals surface area contributed by atoms with Gasteiger partial charge in [0.1, 0.15) is 11.4 Å². The molecule has 0 radical (unpaired) electrons. The van der Waals surface area contributed by atoms with E-state index in [-0.39, 0.29) is 16.6 Å². The van der Waals surface area contributed by atoms with Crippen LogP contribution in [0.3, 0.4) is 0 Å². The van der Waals surface area contributed by atoms with E-state index in [0.29, 0.717) is 11.1 Å². The molecule has 0 atom stereocenters. The first kappa shape index (κ1) is 14.3. The van der Waals surface area contributed by atoms with Crippen molar-refractivity contribution >= 4 is 44.3 Å². The molecule has 1 heterocycles. The van der Waals surface area contributed by atoms with Crippen molar-refractivity contribution in [3.05, 3.63) is 68.6 Å². The van der Waals surface area contributed by atoms with E-state index in [1.54, 1.807) is 6.07 Å². The minimum atomic E-state index is -0.557. The Hall–Kier alpha value is -1.65. The minimum Gasteiger partial charge on any atom is -0.452 e. The fourth-order valence-corrected chi connectivity index (χ4v) is 2.70. The molecule has 0 bridgehead atoms. The Morgan fingerprint density at radius 1 is 1.24 bits per heavy atom. The summed E-state index contributed by atoms with van der Waals surface area (Å²) in [5.74, 6) is -0.633. The molecule has 2 aromatic carbocycles. The van der Waals surface area contributed by atoms with Gasteiger partial charge in [-0.2, -0.15) is 0 Å². The Morgan fingerprint density at radius 3 is 2.71 bits per heavy atom. The summed E-state index contributed by atoms with van der Waals surface area (Å²) >= 11 is 9.08. The Labute approximate surface area is 133 Å². The third-order valence-electron chi connectivity index (χ3n) is 3.29. The molecule has 0 fully saturated rings. The zero-order valence-electron chi connectivity index (χ0n) is 10.9. The van der Waals surface area contributed by atoms with Crippen LogP contribution in [0.5, 0.6) is 0 Å². The number of aryl methyl sites for hydroxylation is 1. The maximum absolute atomic E-state index is 13.2. The third kappa shape index (κ3) is 2.49. The highest BCUT2D eigenvalue weighted by Gasteiger charge is 2.20. The maximum atomic E-state index is 13.2. The lowest BCUT2D eigenvalue weighted by molar-refractivity contribution is 0.101. The minimum absolute atomic E-state index is 0.0858. The van der Waals surface area contributed by atoms with Gasteiger partial charge in [0.15, 0.2) is 5.76 Å². The summed E-state index contributed by atoms with van der Waals surface area (Å²) in [5, 5.41) is 0.784. The molecule has 0 spiro atoms. The lowest BCUT2D eigenvalue weighted by atomic mass is 10.0. The van der Waals surface area contributed by atoms with Crippen LogP contribution in [0.2, 0.25) is 5.02 Å². The highest BCUT2D eigenvalue weighted by Crippen LogP contribution is 2.30. The summed E-state index contributed by atoms with van der Waals surface area (Å²) in [6.07, 6.45) is 0. The summed E-state index contributed by atoms with van der Waals surface area (Å²) in [4.78, 5) is 12.5. The highest BCUT2D eigenvalue weighted by atomic mass is 79.9. The number of ketones is 1. The van der Waals surface area contributed by atoms with Gasteiger partial charge in [-0.3, -0.25) is 4.79 Å². The van der Waals surface area contributed by atoms with Crippen molar-refractivity contribution in [2.45, 2.75) is 6.92 Å². The molecule has 3 aromatic rings. The van der Waals surface area contributed by atoms with Gasteiger partial charge in [-0.15, -0.1) is 0 Å². The van der Waals surface area contributed by atoms with Gasteiger partial charge in [-0.1, -0.05) is 27.5 Å². The van der Waals surface area contributed by atoms with Crippen LogP contribution in [0.15, 0.2) is 45.3 Å². The second kappa shape index (κ2) is 5.28. The van der Waals surface area contributed by atoms with Crippen molar-refractivity contribution in [1.29, 1.82) is 0 Å². The Kier molecular flexibility index (Phi) is 3.59. The van der Waals surface area contributed by atoms with Crippen LogP contribution in [-0.4, -0.2) is 5.78 Å². The quantitative estimate of drug-likeness (QED) is 0.558. The fraction of sp³-hybridized carbons (Fsp3) is 0.0625. The molecule has 0 aliphatic heterocycles. The molecule has 106 valence electrons. The van der Waals surface area contributed by atoms with E-state index >= 15 is 0 Å². The summed E-state index contributed by atoms with van der Waals surface area (Å²) in [5.41, 5.74) is 1.67. The SMILES string of the molecule is Cc1c(C(=O)c2ccc(F)c(Cl)c2)oc2cc(Br)ccc12. The molecule has 0 N–H and O–H groups in total. The second-order valence-corrected chi connectivity index (χ2v) is 5.98. The lowest BCUT2D eigenvalue weighted by Crippen LogP contribution is -2.01. The number of furan rings is 1. The van der Waals surface area contributed by atoms with Crippen LogP contribution in [0, 0.1) is 12.7 Å². The molecule has 0 aliphatic rings. The number of carbonyl (C=O) groups excluding carboxylic acids is 1. The summed E-state index contributed by atoms with van der Waals surface area (Å²) in [6, 6.07) is 9.44. The van der Waals surface area contributed by atoms with E-state index in [4.69, 9.17) is 16.0 Å². The van der Waals surface area contributed by atoms with Gasteiger partial charge in [-0.25, -0.2) is 4.39 Å². The van der Waals surface area contributed by atoms with Crippen molar-refractivity contribution in [3.8, 4) is 0 Å². The van der Waals surface area contributed by atoms with Crippen LogP contribution in [0.1, 0.15) is 21.7 Å². The monoisotopic (exact) mass is 366 g/mol. The number of halogens is 3. The molecule has 2 nitrogen and oxygen atoms in total. The van der Waals surface area contributed by atoms with Crippen molar-refractivity contribution in [2.75, 3.05) is 0 Å². The van der Waals surface area contributed by atoms with Gasteiger partial charge in [0.25, 0.3) is 0 Å². The van der Waals surface area contributed by atoms with Gasteiger partial charge >= 0.3 is 0 Å². The number of rotatable bonds is 2. The molecule has 0 saturated carbocycles. The highest BCUT2D eigenvalue weighted by molar-refractivity contribution is 9.10. The number of hydrogen-bond acceptors (Lipinski definition) is 2. The van der Waals surface area contributed by atoms with Crippen LogP contribution in [-0.2, 0) is 0 Å². The largest absolute Gasteiger partial charge is 0.452 e. The van der Waals surface area contributed by atoms with Crippen LogP contribution < -0.4 is 0 Å². The second-order valence-electron chi connectivity index (χ2n) is 4.65. The molecule has 21 heavy (non-hydrogen) atoms. The molecule has 0 saturated heterocycles. The molecule has 0 aliphatic carbocycles. The first-order valence-electron chi connectivity index (χ1n) is 6.16. The van der Waals surface area contributed by atoms with Crippen molar-refractivity contribution in [3.63, 3.8) is 0 Å². The molecular formula is C16H9BrClFO2. The zero-order chi connectivity index (χ0) is 15.1. The normalized spacial score (nSPS) is 11.0. The van der Waals surface area contributed by atoms with E-state index in [1.807, 2.05) is 19.1 Å². The van der Waals surface area contributed by atoms with E-state index in [9.17, 15) is 9.18 Å². The summed E-state index contributed by atoms with van der Waals surface area (Å²) in [6.45, 7) is 1.82. The topological polar surface area (TPSA) is 30.2 Å². The molecule has 0 amide bonds. The Balaban J connectivity index is 2.13. The first-order chi connectivity index (χ1) is 9.97. The van der Waals surface area contributed by atoms with Crippen molar-refractivity contribution in [1.82, 2.24) is 0 Å². The van der Waals surface area contributed by atoms with Crippen molar-refractivity contribution < 1.29 is 13.6 Å². The number of carbonyl (C=O) groups is 1. The van der Waals surface area contributed by atoms with Crippen LogP contribution >= 0.6 is 27.5 Å². The van der Waals surface area contributed by atoms with E-state index < -0.39 is 5.82 Å². The predicted octanol–water partition coefficient (Wildman–Crippen LogP) is 5.53. The number of benzene rings is 2. The van der Waals surface area contributed by atoms with Crippen LogP contribution in [0.4, 0.5) is 4.39 Å². The molecule has 3 rings (SSSR count). The van der Waals surface area contributed by atoms with E-state index in [2.05, 4.69) is 15.9 Å². The van der Waals surface area contributed by atoms with Crippen LogP contribution in [0.25, 0.3) is 11.0 Å². The average molecular weight is 368 g/mol. The molecule has 5 heteroatoms. The smallest absolute Gasteiger partial charge is 0.228 e. The zero-order valence-corrected chi connectivity index (χ0v) is 13.3. The maximum Gasteiger partial charge on any atom is 0.228 e. The van der Waals surface area contributed by atoms with Gasteiger partial charge in [-0.05, 0) is 43.3 Å². The number of fused-ring (bicyclic) bond motifs is 1. The predicted molar refractivity (Wildman–Crippen MR) is 83.5 cm³/mol. The Bertz CT molecular complexity index is 870. The Morgan fingerprint density at radius 2 is 2.00 bits per heavy atom. The summed E-state index contributed by atoms with van der Waals surface area (Å²) in [7, 11) is 0. The lowest BCUT2D eigenvalue weighted by Gasteiger charge is -2.00. The fourth-order valence-electron chi connectivity index (χ4n) is 2.18. The van der Waals surface area contributed by atoms with E-state index in [0.717, 1.165) is 15.4 Å². The average Bonchev–Trinajstić information content (AvgIpc) is 2.77. The first-order valence-corrected chi connectivity index (χ1v) is 7.33. The number of hydrogen-bond donors (Lipinski definition) is 0. The van der Waals surface area contributed by atoms with Gasteiger partial charge in [0, 0.05) is 21.0 Å². The van der Waals surface area contributed by atoms with E-state index in [1.165, 1.54) is 18.2 Å². The third-order valence-corrected chi connectivity index (χ3v) is 4.07. The molecular weight excluding hydrogens is 359 g/mol. The summed E-state index contributed by atoms with van der Waals surface area (Å²) < 4.78 is 19.7. The van der Waals surface area contributed by atoms with Crippen molar-refractivity contribution in [2.24, 2.45) is 0 Å². The van der Waals surface area contributed by atoms with Gasteiger partial charge < -0.3 is 4.42 Å². The van der Waals surface area contributed by atoms with Gasteiger partial charge in [0.2, 0.25) is 5.78 Å². The molecule has 1 aromatic heterocycles. The van der Waals surface area contributed by atoms with Gasteiger partial charge in [0.05, 0.1) is 5.02 Å². The molecule has 0 unspecified atom stereocenters.